The van der Waals surface area contributed by atoms with Crippen molar-refractivity contribution in [2.24, 2.45) is 5.92 Å². The molecule has 35 heavy (non-hydrogen) atoms. The van der Waals surface area contributed by atoms with E-state index >= 15 is 0 Å². The van der Waals surface area contributed by atoms with Gasteiger partial charge in [-0.3, -0.25) is 9.36 Å². The molecule has 0 radical (unpaired) electrons. The van der Waals surface area contributed by atoms with Crippen LogP contribution < -0.4 is 14.8 Å². The third kappa shape index (κ3) is 5.99. The lowest BCUT2D eigenvalue weighted by molar-refractivity contribution is -0.120. The molecule has 2 aromatic carbocycles. The number of carbonyl (C=O) groups excluding carboxylic acids is 1. The molecule has 3 unspecified atom stereocenters. The standard InChI is InChI=1S/C27H34N4O3S/c1-18-7-5-6-8-24(18)31-25(21-11-15-23(34-4)16-12-21)29-30-27(31)35-19(2)26(32)28-17-20-9-13-22(33-3)14-10-20/h9-16,18-19,24H,5-8,17H2,1-4H3,(H,28,32). The molecule has 1 N–H and O–H groups in total. The van der Waals surface area contributed by atoms with Gasteiger partial charge < -0.3 is 14.8 Å². The van der Waals surface area contributed by atoms with Crippen LogP contribution in [0.15, 0.2) is 53.7 Å². The third-order valence-electron chi connectivity index (χ3n) is 6.69. The van der Waals surface area contributed by atoms with E-state index in [1.54, 1.807) is 14.2 Å². The average molecular weight is 495 g/mol. The Labute approximate surface area is 211 Å². The Hall–Kier alpha value is -3.00. The second kappa shape index (κ2) is 11.6. The van der Waals surface area contributed by atoms with E-state index in [0.29, 0.717) is 18.5 Å². The number of ether oxygens (including phenoxy) is 2. The number of carbonyl (C=O) groups is 1. The van der Waals surface area contributed by atoms with Crippen LogP contribution in [-0.4, -0.2) is 40.1 Å². The largest absolute Gasteiger partial charge is 0.497 e. The first kappa shape index (κ1) is 25.1. The van der Waals surface area contributed by atoms with Crippen LogP contribution in [0.3, 0.4) is 0 Å². The van der Waals surface area contributed by atoms with Gasteiger partial charge in [0.05, 0.1) is 19.5 Å². The SMILES string of the molecule is COc1ccc(CNC(=O)C(C)Sc2nnc(-c3ccc(OC)cc3)n2C2CCCCC2C)cc1. The zero-order valence-electron chi connectivity index (χ0n) is 20.9. The number of hydrogen-bond donors (Lipinski definition) is 1. The smallest absolute Gasteiger partial charge is 0.233 e. The average Bonchev–Trinajstić information content (AvgIpc) is 3.30. The van der Waals surface area contributed by atoms with Gasteiger partial charge in [-0.25, -0.2) is 0 Å². The molecule has 0 saturated heterocycles. The Morgan fingerprint density at radius 2 is 1.66 bits per heavy atom. The van der Waals surface area contributed by atoms with Crippen molar-refractivity contribution in [1.82, 2.24) is 20.1 Å². The molecule has 0 aliphatic heterocycles. The maximum absolute atomic E-state index is 12.9. The monoisotopic (exact) mass is 494 g/mol. The van der Waals surface area contributed by atoms with Crippen molar-refractivity contribution in [3.63, 3.8) is 0 Å². The minimum absolute atomic E-state index is 0.0249. The predicted octanol–water partition coefficient (Wildman–Crippen LogP) is 5.51. The fourth-order valence-electron chi connectivity index (χ4n) is 4.56. The number of aromatic nitrogens is 3. The molecule has 1 aromatic heterocycles. The first-order valence-corrected chi connectivity index (χ1v) is 13.0. The van der Waals surface area contributed by atoms with Gasteiger partial charge in [0.15, 0.2) is 11.0 Å². The van der Waals surface area contributed by atoms with Crippen molar-refractivity contribution in [3.05, 3.63) is 54.1 Å². The lowest BCUT2D eigenvalue weighted by Gasteiger charge is -2.31. The Morgan fingerprint density at radius 3 is 2.29 bits per heavy atom. The highest BCUT2D eigenvalue weighted by Crippen LogP contribution is 2.39. The van der Waals surface area contributed by atoms with Crippen LogP contribution in [0.4, 0.5) is 0 Å². The van der Waals surface area contributed by atoms with Gasteiger partial charge in [0.25, 0.3) is 0 Å². The summed E-state index contributed by atoms with van der Waals surface area (Å²) in [5, 5.41) is 12.7. The van der Waals surface area contributed by atoms with E-state index in [2.05, 4.69) is 27.0 Å². The summed E-state index contributed by atoms with van der Waals surface area (Å²) in [5.74, 6) is 2.95. The zero-order valence-corrected chi connectivity index (χ0v) is 21.7. The minimum Gasteiger partial charge on any atom is -0.497 e. The number of rotatable bonds is 9. The number of benzene rings is 2. The minimum atomic E-state index is -0.307. The van der Waals surface area contributed by atoms with E-state index in [1.807, 2.05) is 55.5 Å². The third-order valence-corrected chi connectivity index (χ3v) is 7.74. The van der Waals surface area contributed by atoms with Crippen LogP contribution >= 0.6 is 11.8 Å². The highest BCUT2D eigenvalue weighted by atomic mass is 32.2. The van der Waals surface area contributed by atoms with Crippen molar-refractivity contribution in [3.8, 4) is 22.9 Å². The Morgan fingerprint density at radius 1 is 1.03 bits per heavy atom. The van der Waals surface area contributed by atoms with Gasteiger partial charge in [-0.05, 0) is 67.6 Å². The lowest BCUT2D eigenvalue weighted by Crippen LogP contribution is -2.31. The molecule has 1 heterocycles. The Kier molecular flexibility index (Phi) is 8.33. The van der Waals surface area contributed by atoms with Crippen molar-refractivity contribution < 1.29 is 14.3 Å². The van der Waals surface area contributed by atoms with Crippen molar-refractivity contribution in [1.29, 1.82) is 0 Å². The van der Waals surface area contributed by atoms with Gasteiger partial charge in [0, 0.05) is 18.2 Å². The molecule has 1 amide bonds. The number of methoxy groups -OCH3 is 2. The van der Waals surface area contributed by atoms with E-state index < -0.39 is 0 Å². The summed E-state index contributed by atoms with van der Waals surface area (Å²) in [5.41, 5.74) is 2.02. The number of nitrogens with one attached hydrogen (secondary N) is 1. The second-order valence-corrected chi connectivity index (χ2v) is 10.4. The molecule has 4 rings (SSSR count). The fourth-order valence-corrected chi connectivity index (χ4v) is 5.49. The molecule has 8 heteroatoms. The zero-order chi connectivity index (χ0) is 24.8. The highest BCUT2D eigenvalue weighted by Gasteiger charge is 2.30. The second-order valence-electron chi connectivity index (χ2n) is 9.06. The first-order valence-electron chi connectivity index (χ1n) is 12.2. The van der Waals surface area contributed by atoms with Gasteiger partial charge in [-0.15, -0.1) is 10.2 Å². The van der Waals surface area contributed by atoms with Crippen molar-refractivity contribution in [2.75, 3.05) is 14.2 Å². The molecular weight excluding hydrogens is 460 g/mol. The summed E-state index contributed by atoms with van der Waals surface area (Å²) in [7, 11) is 3.31. The maximum atomic E-state index is 12.9. The Bertz CT molecular complexity index is 1110. The van der Waals surface area contributed by atoms with Crippen LogP contribution in [-0.2, 0) is 11.3 Å². The van der Waals surface area contributed by atoms with Crippen molar-refractivity contribution >= 4 is 17.7 Å². The molecule has 3 aromatic rings. The van der Waals surface area contributed by atoms with Crippen LogP contribution in [0.25, 0.3) is 11.4 Å². The summed E-state index contributed by atoms with van der Waals surface area (Å²) < 4.78 is 12.8. The van der Waals surface area contributed by atoms with Gasteiger partial charge in [-0.2, -0.15) is 0 Å². The summed E-state index contributed by atoms with van der Waals surface area (Å²) in [6.45, 7) is 4.70. The number of hydrogen-bond acceptors (Lipinski definition) is 6. The number of nitrogens with zero attached hydrogens (tertiary/aromatic N) is 3. The molecular formula is C27H34N4O3S. The fraction of sp³-hybridized carbons (Fsp3) is 0.444. The summed E-state index contributed by atoms with van der Waals surface area (Å²) in [6, 6.07) is 16.0. The van der Waals surface area contributed by atoms with E-state index in [-0.39, 0.29) is 11.2 Å². The normalized spacial score (nSPS) is 18.6. The van der Waals surface area contributed by atoms with Crippen LogP contribution in [0.2, 0.25) is 0 Å². The van der Waals surface area contributed by atoms with E-state index in [4.69, 9.17) is 9.47 Å². The molecule has 186 valence electrons. The topological polar surface area (TPSA) is 78.3 Å². The summed E-state index contributed by atoms with van der Waals surface area (Å²) in [4.78, 5) is 12.9. The van der Waals surface area contributed by atoms with Gasteiger partial charge in [-0.1, -0.05) is 43.7 Å². The number of thioether (sulfide) groups is 1. The van der Waals surface area contributed by atoms with Gasteiger partial charge in [0.2, 0.25) is 5.91 Å². The van der Waals surface area contributed by atoms with E-state index in [9.17, 15) is 4.79 Å². The van der Waals surface area contributed by atoms with Gasteiger partial charge >= 0.3 is 0 Å². The number of amides is 1. The molecule has 0 bridgehead atoms. The van der Waals surface area contributed by atoms with Crippen molar-refractivity contribution in [2.45, 2.75) is 62.5 Å². The highest BCUT2D eigenvalue weighted by molar-refractivity contribution is 8.00. The molecule has 1 fully saturated rings. The van der Waals surface area contributed by atoms with Crippen LogP contribution in [0.5, 0.6) is 11.5 Å². The lowest BCUT2D eigenvalue weighted by atomic mass is 9.85. The molecule has 0 spiro atoms. The molecule has 7 nitrogen and oxygen atoms in total. The molecule has 3 atom stereocenters. The van der Waals surface area contributed by atoms with Crippen LogP contribution in [0, 0.1) is 5.92 Å². The van der Waals surface area contributed by atoms with E-state index in [0.717, 1.165) is 40.0 Å². The quantitative estimate of drug-likeness (QED) is 0.395. The van der Waals surface area contributed by atoms with E-state index in [1.165, 1.54) is 31.0 Å². The summed E-state index contributed by atoms with van der Waals surface area (Å²) >= 11 is 1.47. The molecule has 1 aliphatic carbocycles. The predicted molar refractivity (Wildman–Crippen MR) is 139 cm³/mol. The molecule has 1 saturated carbocycles. The summed E-state index contributed by atoms with van der Waals surface area (Å²) in [6.07, 6.45) is 4.72. The Balaban J connectivity index is 1.52. The first-order chi connectivity index (χ1) is 17.0. The maximum Gasteiger partial charge on any atom is 0.233 e. The molecule has 1 aliphatic rings. The van der Waals surface area contributed by atoms with Crippen LogP contribution in [0.1, 0.15) is 51.1 Å². The van der Waals surface area contributed by atoms with Gasteiger partial charge in [0.1, 0.15) is 11.5 Å².